The third-order valence-electron chi connectivity index (χ3n) is 10.8. The molecule has 0 spiro atoms. The SMILES string of the molecule is Cc1[nH]c2ccccc2c1C1C(CC(=O)N(CC(=O)NC23CC4CC(CC(C4)C2)C3)C2CC2)C1(C)C. The number of amides is 2. The van der Waals surface area contributed by atoms with Gasteiger partial charge < -0.3 is 15.2 Å². The van der Waals surface area contributed by atoms with Crippen molar-refractivity contribution in [1.82, 2.24) is 15.2 Å². The number of carbonyl (C=O) groups excluding carboxylic acids is 2. The van der Waals surface area contributed by atoms with Crippen molar-refractivity contribution >= 4 is 22.7 Å². The van der Waals surface area contributed by atoms with E-state index in [9.17, 15) is 9.59 Å². The monoisotopic (exact) mass is 487 g/mol. The maximum absolute atomic E-state index is 13.7. The first kappa shape index (κ1) is 22.9. The molecule has 4 bridgehead atoms. The second-order valence-corrected chi connectivity index (χ2v) is 13.8. The molecule has 6 fully saturated rings. The fraction of sp³-hybridized carbons (Fsp3) is 0.677. The minimum Gasteiger partial charge on any atom is -0.358 e. The number of carbonyl (C=O) groups is 2. The molecule has 8 rings (SSSR count). The van der Waals surface area contributed by atoms with Crippen LogP contribution in [0.2, 0.25) is 0 Å². The van der Waals surface area contributed by atoms with Gasteiger partial charge in [0.05, 0.1) is 6.54 Å². The summed E-state index contributed by atoms with van der Waals surface area (Å²) in [7, 11) is 0. The lowest BCUT2D eigenvalue weighted by atomic mass is 9.53. The van der Waals surface area contributed by atoms with Crippen LogP contribution in [0.15, 0.2) is 24.3 Å². The number of para-hydroxylation sites is 1. The highest BCUT2D eigenvalue weighted by atomic mass is 16.2. The van der Waals surface area contributed by atoms with Crippen LogP contribution in [0.5, 0.6) is 0 Å². The van der Waals surface area contributed by atoms with E-state index in [1.807, 2.05) is 4.90 Å². The fourth-order valence-electron chi connectivity index (χ4n) is 9.26. The summed E-state index contributed by atoms with van der Waals surface area (Å²) in [4.78, 5) is 32.5. The van der Waals surface area contributed by atoms with Crippen LogP contribution in [0.3, 0.4) is 0 Å². The quantitative estimate of drug-likeness (QED) is 0.528. The second kappa shape index (κ2) is 7.85. The van der Waals surface area contributed by atoms with Crippen molar-refractivity contribution in [2.75, 3.05) is 6.54 Å². The Labute approximate surface area is 214 Å². The number of fused-ring (bicyclic) bond motifs is 1. The summed E-state index contributed by atoms with van der Waals surface area (Å²) in [6, 6.07) is 8.77. The van der Waals surface area contributed by atoms with E-state index in [0.717, 1.165) is 49.9 Å². The highest BCUT2D eigenvalue weighted by Crippen LogP contribution is 2.67. The molecule has 2 amide bonds. The summed E-state index contributed by atoms with van der Waals surface area (Å²) in [6.07, 6.45) is 10.2. The van der Waals surface area contributed by atoms with Gasteiger partial charge in [-0.3, -0.25) is 9.59 Å². The van der Waals surface area contributed by atoms with Gasteiger partial charge in [-0.2, -0.15) is 0 Å². The molecule has 6 aliphatic rings. The summed E-state index contributed by atoms with van der Waals surface area (Å²) >= 11 is 0. The number of benzene rings is 1. The Morgan fingerprint density at radius 1 is 1.03 bits per heavy atom. The molecule has 2 N–H and O–H groups in total. The number of H-pyrrole nitrogens is 1. The van der Waals surface area contributed by atoms with Crippen LogP contribution in [0.1, 0.15) is 88.8 Å². The molecule has 192 valence electrons. The van der Waals surface area contributed by atoms with Crippen molar-refractivity contribution in [3.8, 4) is 0 Å². The van der Waals surface area contributed by atoms with Crippen LogP contribution < -0.4 is 5.32 Å². The first-order chi connectivity index (χ1) is 17.2. The van der Waals surface area contributed by atoms with Gasteiger partial charge in [-0.1, -0.05) is 32.0 Å². The minimum absolute atomic E-state index is 0.0144. The molecule has 2 aromatic rings. The Balaban J connectivity index is 1.04. The van der Waals surface area contributed by atoms with Crippen molar-refractivity contribution in [1.29, 1.82) is 0 Å². The summed E-state index contributed by atoms with van der Waals surface area (Å²) in [5.41, 5.74) is 3.88. The largest absolute Gasteiger partial charge is 0.358 e. The van der Waals surface area contributed by atoms with E-state index in [0.29, 0.717) is 18.3 Å². The van der Waals surface area contributed by atoms with Crippen molar-refractivity contribution in [2.45, 2.75) is 96.1 Å². The van der Waals surface area contributed by atoms with Crippen LogP contribution in [-0.4, -0.2) is 39.8 Å². The van der Waals surface area contributed by atoms with Gasteiger partial charge in [-0.05, 0) is 105 Å². The summed E-state index contributed by atoms with van der Waals surface area (Å²) in [5, 5.41) is 4.79. The van der Waals surface area contributed by atoms with E-state index in [4.69, 9.17) is 0 Å². The molecule has 5 nitrogen and oxygen atoms in total. The predicted molar refractivity (Wildman–Crippen MR) is 141 cm³/mol. The van der Waals surface area contributed by atoms with Gasteiger partial charge in [-0.25, -0.2) is 0 Å². The molecule has 6 saturated carbocycles. The Kier molecular flexibility index (Phi) is 4.99. The van der Waals surface area contributed by atoms with E-state index < -0.39 is 0 Å². The number of nitrogens with one attached hydrogen (secondary N) is 2. The molecule has 0 aliphatic heterocycles. The van der Waals surface area contributed by atoms with Gasteiger partial charge in [0.15, 0.2) is 0 Å². The van der Waals surface area contributed by atoms with Gasteiger partial charge in [0.2, 0.25) is 11.8 Å². The summed E-state index contributed by atoms with van der Waals surface area (Å²) < 4.78 is 0. The number of nitrogens with zero attached hydrogens (tertiary/aromatic N) is 1. The molecule has 1 aromatic carbocycles. The third-order valence-corrected chi connectivity index (χ3v) is 10.8. The minimum atomic E-state index is 0.0144. The second-order valence-electron chi connectivity index (χ2n) is 13.8. The highest BCUT2D eigenvalue weighted by Gasteiger charge is 2.60. The molecule has 6 aliphatic carbocycles. The van der Waals surface area contributed by atoms with Crippen LogP contribution in [0.25, 0.3) is 10.9 Å². The van der Waals surface area contributed by atoms with Crippen LogP contribution >= 0.6 is 0 Å². The lowest BCUT2D eigenvalue weighted by Crippen LogP contribution is -2.61. The summed E-state index contributed by atoms with van der Waals surface area (Å²) in [5.74, 6) is 3.36. The molecular weight excluding hydrogens is 446 g/mol. The van der Waals surface area contributed by atoms with Crippen molar-refractivity contribution in [2.24, 2.45) is 29.1 Å². The maximum atomic E-state index is 13.7. The lowest BCUT2D eigenvalue weighted by molar-refractivity contribution is -0.139. The number of aromatic nitrogens is 1. The number of aryl methyl sites for hydroxylation is 1. The average Bonchev–Trinajstić information content (AvgIpc) is 3.69. The Bertz CT molecular complexity index is 1190. The molecule has 1 heterocycles. The van der Waals surface area contributed by atoms with Gasteiger partial charge in [-0.15, -0.1) is 0 Å². The van der Waals surface area contributed by atoms with Gasteiger partial charge >= 0.3 is 0 Å². The third kappa shape index (κ3) is 3.71. The Morgan fingerprint density at radius 3 is 2.31 bits per heavy atom. The van der Waals surface area contributed by atoms with Crippen LogP contribution in [-0.2, 0) is 9.59 Å². The maximum Gasteiger partial charge on any atom is 0.240 e. The van der Waals surface area contributed by atoms with E-state index in [1.54, 1.807) is 0 Å². The number of rotatable bonds is 7. The number of aromatic amines is 1. The molecule has 5 heteroatoms. The first-order valence-corrected chi connectivity index (χ1v) is 14.4. The van der Waals surface area contributed by atoms with E-state index in [2.05, 4.69) is 55.3 Å². The predicted octanol–water partition coefficient (Wildman–Crippen LogP) is 5.68. The van der Waals surface area contributed by atoms with Gasteiger partial charge in [0.25, 0.3) is 0 Å². The molecule has 0 saturated heterocycles. The number of hydrogen-bond acceptors (Lipinski definition) is 2. The molecule has 0 radical (unpaired) electrons. The van der Waals surface area contributed by atoms with Crippen molar-refractivity contribution in [3.63, 3.8) is 0 Å². The Hall–Kier alpha value is -2.30. The highest BCUT2D eigenvalue weighted by molar-refractivity contribution is 5.88. The van der Waals surface area contributed by atoms with Crippen molar-refractivity contribution in [3.05, 3.63) is 35.5 Å². The lowest BCUT2D eigenvalue weighted by Gasteiger charge is -2.57. The smallest absolute Gasteiger partial charge is 0.240 e. The molecule has 2 atom stereocenters. The zero-order chi connectivity index (χ0) is 24.8. The molecule has 36 heavy (non-hydrogen) atoms. The number of hydrogen-bond donors (Lipinski definition) is 2. The summed E-state index contributed by atoms with van der Waals surface area (Å²) in [6.45, 7) is 7.01. The zero-order valence-electron chi connectivity index (χ0n) is 22.1. The zero-order valence-corrected chi connectivity index (χ0v) is 22.1. The normalized spacial score (nSPS) is 35.7. The van der Waals surface area contributed by atoms with E-state index >= 15 is 0 Å². The van der Waals surface area contributed by atoms with Crippen molar-refractivity contribution < 1.29 is 9.59 Å². The van der Waals surface area contributed by atoms with Gasteiger partial charge in [0, 0.05) is 34.6 Å². The first-order valence-electron chi connectivity index (χ1n) is 14.4. The van der Waals surface area contributed by atoms with Crippen LogP contribution in [0.4, 0.5) is 0 Å². The van der Waals surface area contributed by atoms with E-state index in [1.165, 1.54) is 41.4 Å². The molecular formula is C31H41N3O2. The van der Waals surface area contributed by atoms with Crippen LogP contribution in [0, 0.1) is 36.0 Å². The topological polar surface area (TPSA) is 65.2 Å². The molecule has 2 unspecified atom stereocenters. The Morgan fingerprint density at radius 2 is 1.67 bits per heavy atom. The molecule has 1 aromatic heterocycles. The van der Waals surface area contributed by atoms with Gasteiger partial charge in [0.1, 0.15) is 0 Å². The van der Waals surface area contributed by atoms with E-state index in [-0.39, 0.29) is 35.4 Å². The average molecular weight is 488 g/mol. The fourth-order valence-corrected chi connectivity index (χ4v) is 9.26. The standard InChI is InChI=1S/C31H41N3O2/c1-18-28(23-6-4-5-7-25(23)32-18)29-24(30(29,2)3)13-27(36)34(22-8-9-22)17-26(35)33-31-14-19-10-20(15-31)12-21(11-19)16-31/h4-7,19-22,24,29,32H,8-17H2,1-3H3,(H,33,35).